The Morgan fingerprint density at radius 1 is 0.538 bits per heavy atom. The molecule has 272 valence electrons. The van der Waals surface area contributed by atoms with Crippen LogP contribution in [0.5, 0.6) is 46.0 Å². The van der Waals surface area contributed by atoms with Gasteiger partial charge in [-0.1, -0.05) is 49.3 Å². The van der Waals surface area contributed by atoms with E-state index in [2.05, 4.69) is 25.0 Å². The summed E-state index contributed by atoms with van der Waals surface area (Å²) in [7, 11) is 12.4. The number of rotatable bonds is 15. The summed E-state index contributed by atoms with van der Waals surface area (Å²) < 4.78 is 44.0. The molecule has 0 saturated carbocycles. The van der Waals surface area contributed by atoms with E-state index in [9.17, 15) is 10.2 Å². The Hall–Kier alpha value is -6.02. The highest BCUT2D eigenvalue weighted by Gasteiger charge is 2.18. The van der Waals surface area contributed by atoms with Crippen LogP contribution in [0.25, 0.3) is 17.2 Å². The molecule has 10 heteroatoms. The monoisotopic (exact) mass is 708 g/mol. The third kappa shape index (κ3) is 8.46. The molecule has 2 unspecified atom stereocenters. The van der Waals surface area contributed by atoms with Crippen LogP contribution in [0.4, 0.5) is 0 Å². The van der Waals surface area contributed by atoms with E-state index in [-0.39, 0.29) is 0 Å². The topological polar surface area (TPSA) is 114 Å². The molecule has 0 aliphatic carbocycles. The molecule has 0 aliphatic heterocycles. The van der Waals surface area contributed by atoms with E-state index in [1.54, 1.807) is 79.1 Å². The second-order valence-corrected chi connectivity index (χ2v) is 11.2. The maximum absolute atomic E-state index is 10.9. The van der Waals surface area contributed by atoms with Crippen LogP contribution in [-0.2, 0) is 0 Å². The third-order valence-electron chi connectivity index (χ3n) is 8.30. The van der Waals surface area contributed by atoms with E-state index in [4.69, 9.17) is 37.9 Å². The molecule has 0 fully saturated rings. The molecule has 4 aromatic rings. The van der Waals surface area contributed by atoms with Crippen molar-refractivity contribution in [3.8, 4) is 57.8 Å². The van der Waals surface area contributed by atoms with E-state index in [0.29, 0.717) is 68.3 Å². The van der Waals surface area contributed by atoms with Crippen molar-refractivity contribution < 1.29 is 48.1 Å². The zero-order valence-corrected chi connectivity index (χ0v) is 30.7. The van der Waals surface area contributed by atoms with Crippen molar-refractivity contribution in [1.29, 1.82) is 0 Å². The molecule has 2 N–H and O–H groups in total. The molecule has 0 bridgehead atoms. The maximum Gasteiger partial charge on any atom is 0.203 e. The molecule has 0 aliphatic rings. The van der Waals surface area contributed by atoms with Gasteiger partial charge in [0, 0.05) is 5.56 Å². The summed E-state index contributed by atoms with van der Waals surface area (Å²) in [6.45, 7) is 8.56. The number of ether oxygens (including phenoxy) is 8. The second-order valence-electron chi connectivity index (χ2n) is 11.2. The maximum atomic E-state index is 10.9. The molecule has 4 aromatic carbocycles. The lowest BCUT2D eigenvalue weighted by atomic mass is 9.96. The van der Waals surface area contributed by atoms with Gasteiger partial charge in [-0.25, -0.2) is 0 Å². The Morgan fingerprint density at radius 2 is 0.962 bits per heavy atom. The van der Waals surface area contributed by atoms with Crippen molar-refractivity contribution >= 4 is 17.2 Å². The highest BCUT2D eigenvalue weighted by atomic mass is 16.5. The quantitative estimate of drug-likeness (QED) is 0.130. The summed E-state index contributed by atoms with van der Waals surface area (Å²) in [5.74, 6) is 9.65. The molecule has 0 aromatic heterocycles. The van der Waals surface area contributed by atoms with Crippen LogP contribution in [0, 0.1) is 11.8 Å². The Balaban J connectivity index is 1.58. The number of aliphatic hydroxyl groups is 2. The molecule has 10 nitrogen and oxygen atoms in total. The SMILES string of the molecule is C=C(c1ccc(OC)c(C#CC(O)C(O)C=Cc2cc(C(=C)c3cc(OC)c(OC)c(OC)c3)ccc2OC)c1)c1cc(OC)c(OC)c(OC)c1. The van der Waals surface area contributed by atoms with Gasteiger partial charge >= 0.3 is 0 Å². The highest BCUT2D eigenvalue weighted by molar-refractivity contribution is 5.83. The Labute approximate surface area is 305 Å². The molecule has 4 rings (SSSR count). The van der Waals surface area contributed by atoms with Crippen LogP contribution in [0.1, 0.15) is 33.4 Å². The minimum Gasteiger partial charge on any atom is -0.496 e. The number of hydrogen-bond acceptors (Lipinski definition) is 10. The van der Waals surface area contributed by atoms with Gasteiger partial charge in [-0.15, -0.1) is 0 Å². The lowest BCUT2D eigenvalue weighted by Crippen LogP contribution is -2.21. The lowest BCUT2D eigenvalue weighted by molar-refractivity contribution is 0.0875. The van der Waals surface area contributed by atoms with Gasteiger partial charge in [-0.3, -0.25) is 0 Å². The van der Waals surface area contributed by atoms with Crippen LogP contribution in [0.15, 0.2) is 79.9 Å². The predicted molar refractivity (Wildman–Crippen MR) is 202 cm³/mol. The summed E-state index contributed by atoms with van der Waals surface area (Å²) in [5.41, 5.74) is 5.51. The standard InChI is InChI=1S/C42H44O10/c1-25(31-21-37(47-5)41(51-9)38(22-31)48-6)27-13-17-35(45-3)29(19-27)11-15-33(43)34(44)16-12-30-20-28(14-18-36(30)46-4)26(2)32-23-39(49-7)42(52-10)40(24-32)50-8/h11,13-15,17-24,33-34,43-44H,1-2H2,3-10H3. The first-order valence-electron chi connectivity index (χ1n) is 16.0. The van der Waals surface area contributed by atoms with Crippen molar-refractivity contribution in [1.82, 2.24) is 0 Å². The normalized spacial score (nSPS) is 11.8. The molecular weight excluding hydrogens is 664 g/mol. The zero-order valence-electron chi connectivity index (χ0n) is 30.7. The molecular formula is C42H44O10. The molecule has 52 heavy (non-hydrogen) atoms. The first-order valence-corrected chi connectivity index (χ1v) is 16.0. The predicted octanol–water partition coefficient (Wildman–Crippen LogP) is 6.67. The third-order valence-corrected chi connectivity index (χ3v) is 8.30. The van der Waals surface area contributed by atoms with Gasteiger partial charge in [0.2, 0.25) is 11.5 Å². The van der Waals surface area contributed by atoms with Crippen molar-refractivity contribution in [2.75, 3.05) is 56.9 Å². The fourth-order valence-corrected chi connectivity index (χ4v) is 5.43. The average molecular weight is 709 g/mol. The summed E-state index contributed by atoms with van der Waals surface area (Å²) in [5, 5.41) is 21.7. The number of methoxy groups -OCH3 is 8. The Kier molecular flexibility index (Phi) is 13.2. The van der Waals surface area contributed by atoms with Crippen LogP contribution < -0.4 is 37.9 Å². The summed E-state index contributed by atoms with van der Waals surface area (Å²) in [4.78, 5) is 0. The van der Waals surface area contributed by atoms with Gasteiger partial charge in [-0.05, 0) is 81.9 Å². The highest BCUT2D eigenvalue weighted by Crippen LogP contribution is 2.42. The van der Waals surface area contributed by atoms with Crippen molar-refractivity contribution in [3.05, 3.63) is 113 Å². The summed E-state index contributed by atoms with van der Waals surface area (Å²) in [6.07, 6.45) is 0.348. The minimum absolute atomic E-state index is 0.469. The van der Waals surface area contributed by atoms with Crippen LogP contribution >= 0.6 is 0 Å². The number of aliphatic hydroxyl groups excluding tert-OH is 2. The molecule has 0 amide bonds. The minimum atomic E-state index is -1.42. The summed E-state index contributed by atoms with van der Waals surface area (Å²) in [6, 6.07) is 18.2. The van der Waals surface area contributed by atoms with E-state index in [1.165, 1.54) is 20.3 Å². The van der Waals surface area contributed by atoms with Gasteiger partial charge in [0.05, 0.1) is 62.4 Å². The van der Waals surface area contributed by atoms with Gasteiger partial charge < -0.3 is 48.1 Å². The first kappa shape index (κ1) is 38.8. The fourth-order valence-electron chi connectivity index (χ4n) is 5.43. The van der Waals surface area contributed by atoms with Crippen LogP contribution in [0.3, 0.4) is 0 Å². The molecule has 2 atom stereocenters. The van der Waals surface area contributed by atoms with E-state index in [0.717, 1.165) is 22.3 Å². The van der Waals surface area contributed by atoms with Crippen LogP contribution in [0.2, 0.25) is 0 Å². The fraction of sp³-hybridized carbons (Fsp3) is 0.238. The van der Waals surface area contributed by atoms with E-state index >= 15 is 0 Å². The molecule has 0 radical (unpaired) electrons. The lowest BCUT2D eigenvalue weighted by Gasteiger charge is -2.16. The second kappa shape index (κ2) is 17.8. The summed E-state index contributed by atoms with van der Waals surface area (Å²) >= 11 is 0. The van der Waals surface area contributed by atoms with E-state index < -0.39 is 12.2 Å². The van der Waals surface area contributed by atoms with E-state index in [1.807, 2.05) is 30.3 Å². The van der Waals surface area contributed by atoms with Crippen molar-refractivity contribution in [3.63, 3.8) is 0 Å². The number of hydrogen-bond donors (Lipinski definition) is 2. The number of benzene rings is 4. The average Bonchev–Trinajstić information content (AvgIpc) is 3.19. The Morgan fingerprint density at radius 3 is 1.38 bits per heavy atom. The largest absolute Gasteiger partial charge is 0.496 e. The first-order chi connectivity index (χ1) is 25.1. The van der Waals surface area contributed by atoms with Crippen molar-refractivity contribution in [2.24, 2.45) is 0 Å². The smallest absolute Gasteiger partial charge is 0.203 e. The molecule has 0 saturated heterocycles. The zero-order chi connectivity index (χ0) is 37.9. The van der Waals surface area contributed by atoms with Gasteiger partial charge in [0.1, 0.15) is 23.7 Å². The van der Waals surface area contributed by atoms with Gasteiger partial charge in [0.25, 0.3) is 0 Å². The van der Waals surface area contributed by atoms with Crippen LogP contribution in [-0.4, -0.2) is 79.3 Å². The Bertz CT molecular complexity index is 1970. The van der Waals surface area contributed by atoms with Gasteiger partial charge in [0.15, 0.2) is 23.0 Å². The van der Waals surface area contributed by atoms with Gasteiger partial charge in [-0.2, -0.15) is 0 Å². The molecule has 0 heterocycles. The molecule has 0 spiro atoms. The van der Waals surface area contributed by atoms with Crippen molar-refractivity contribution in [2.45, 2.75) is 12.2 Å².